The summed E-state index contributed by atoms with van der Waals surface area (Å²) < 4.78 is 35.3. The maximum absolute atomic E-state index is 11.2. The van der Waals surface area contributed by atoms with E-state index in [1.165, 1.54) is 7.11 Å². The average Bonchev–Trinajstić information content (AvgIpc) is 2.58. The second-order valence-electron chi connectivity index (χ2n) is 4.69. The Morgan fingerprint density at radius 1 is 1.41 bits per heavy atom. The first-order valence-corrected chi connectivity index (χ1v) is 7.02. The van der Waals surface area contributed by atoms with Crippen LogP contribution in [0.15, 0.2) is 24.3 Å². The highest BCUT2D eigenvalue weighted by Crippen LogP contribution is 2.25. The molecule has 0 atom stereocenters. The molecule has 3 nitrogen and oxygen atoms in total. The van der Waals surface area contributed by atoms with E-state index >= 15 is 0 Å². The number of benzene rings is 1. The van der Waals surface area contributed by atoms with E-state index in [1.807, 2.05) is 24.3 Å². The molecule has 0 aromatic heterocycles. The van der Waals surface area contributed by atoms with Gasteiger partial charge >= 0.3 is 11.5 Å². The van der Waals surface area contributed by atoms with Crippen molar-refractivity contribution in [3.63, 3.8) is 0 Å². The van der Waals surface area contributed by atoms with Gasteiger partial charge in [-0.1, -0.05) is 30.8 Å². The lowest BCUT2D eigenvalue weighted by Gasteiger charge is -2.08. The molecule has 1 aliphatic rings. The molecule has 0 radical (unpaired) electrons. The summed E-state index contributed by atoms with van der Waals surface area (Å²) in [6, 6.07) is 5.73. The highest BCUT2D eigenvalue weighted by molar-refractivity contribution is 7.81. The third-order valence-corrected chi connectivity index (χ3v) is 3.01. The number of hydrogen-bond donors (Lipinski definition) is 2. The number of aliphatic hydroxyl groups is 1. The molecule has 22 heavy (non-hydrogen) atoms. The molecular weight excluding hydrogens is 317 g/mol. The van der Waals surface area contributed by atoms with E-state index in [0.29, 0.717) is 5.76 Å². The summed E-state index contributed by atoms with van der Waals surface area (Å²) >= 11 is 2.12. The standard InChI is InChI=1S/C14H16O3.CHF3S/c1-17-14(16)9-10-6-7-12-11(8-10)4-2-3-5-13(12)15;2-1(3,4)5/h5-8,15H,2-4,9H2,1H3;5H. The molecule has 1 aromatic carbocycles. The van der Waals surface area contributed by atoms with Gasteiger partial charge in [-0.15, -0.1) is 0 Å². The van der Waals surface area contributed by atoms with Crippen LogP contribution in [0.5, 0.6) is 0 Å². The normalized spacial score (nSPS) is 14.0. The largest absolute Gasteiger partial charge is 0.508 e. The van der Waals surface area contributed by atoms with Crippen LogP contribution < -0.4 is 0 Å². The highest BCUT2D eigenvalue weighted by atomic mass is 32.1. The first-order valence-electron chi connectivity index (χ1n) is 6.58. The SMILES string of the molecule is COC(=O)Cc1ccc2c(c1)CCCC=C2O.FC(F)(F)S. The second kappa shape index (κ2) is 8.12. The van der Waals surface area contributed by atoms with E-state index in [-0.39, 0.29) is 12.4 Å². The molecule has 0 aliphatic heterocycles. The zero-order valence-corrected chi connectivity index (χ0v) is 12.9. The van der Waals surface area contributed by atoms with Crippen LogP contribution in [0.4, 0.5) is 13.2 Å². The average molecular weight is 334 g/mol. The molecule has 0 saturated carbocycles. The number of thiol groups is 1. The number of fused-ring (bicyclic) bond motifs is 1. The number of methoxy groups -OCH3 is 1. The van der Waals surface area contributed by atoms with Crippen LogP contribution in [-0.4, -0.2) is 23.7 Å². The topological polar surface area (TPSA) is 46.5 Å². The fourth-order valence-electron chi connectivity index (χ4n) is 2.09. The molecule has 1 aromatic rings. The van der Waals surface area contributed by atoms with E-state index in [2.05, 4.69) is 17.4 Å². The Labute approximate surface area is 132 Å². The summed E-state index contributed by atoms with van der Waals surface area (Å²) in [6.07, 6.45) is 5.00. The third-order valence-electron chi connectivity index (χ3n) is 3.01. The van der Waals surface area contributed by atoms with Crippen LogP contribution in [0.2, 0.25) is 0 Å². The van der Waals surface area contributed by atoms with Gasteiger partial charge in [0, 0.05) is 5.56 Å². The lowest BCUT2D eigenvalue weighted by Crippen LogP contribution is -2.05. The summed E-state index contributed by atoms with van der Waals surface area (Å²) in [5.41, 5.74) is -1.38. The minimum Gasteiger partial charge on any atom is -0.508 e. The Hall–Kier alpha value is -1.63. The van der Waals surface area contributed by atoms with Crippen molar-refractivity contribution in [3.05, 3.63) is 41.0 Å². The van der Waals surface area contributed by atoms with Gasteiger partial charge < -0.3 is 9.84 Å². The molecule has 0 amide bonds. The number of allylic oxidation sites excluding steroid dienone is 1. The van der Waals surface area contributed by atoms with Crippen LogP contribution in [0.1, 0.15) is 29.5 Å². The fraction of sp³-hybridized carbons (Fsp3) is 0.400. The molecule has 0 saturated heterocycles. The minimum absolute atomic E-state index is 0.238. The quantitative estimate of drug-likeness (QED) is 0.633. The third kappa shape index (κ3) is 6.89. The smallest absolute Gasteiger partial charge is 0.438 e. The Kier molecular flexibility index (Phi) is 6.80. The van der Waals surface area contributed by atoms with Gasteiger partial charge in [0.2, 0.25) is 0 Å². The molecule has 1 aliphatic carbocycles. The molecule has 2 rings (SSSR count). The van der Waals surface area contributed by atoms with Crippen molar-refractivity contribution in [3.8, 4) is 0 Å². The Balaban J connectivity index is 0.000000422. The van der Waals surface area contributed by atoms with E-state index in [4.69, 9.17) is 0 Å². The lowest BCUT2D eigenvalue weighted by molar-refractivity contribution is -0.139. The molecule has 1 N–H and O–H groups in total. The van der Waals surface area contributed by atoms with Crippen molar-refractivity contribution in [2.24, 2.45) is 0 Å². The van der Waals surface area contributed by atoms with Gasteiger partial charge in [0.1, 0.15) is 5.76 Å². The van der Waals surface area contributed by atoms with Crippen LogP contribution >= 0.6 is 12.6 Å². The van der Waals surface area contributed by atoms with Gasteiger partial charge in [-0.05, 0) is 36.5 Å². The van der Waals surface area contributed by atoms with E-state index < -0.39 is 5.51 Å². The Morgan fingerprint density at radius 3 is 2.64 bits per heavy atom. The summed E-state index contributed by atoms with van der Waals surface area (Å²) in [5.74, 6) is 0.112. The maximum Gasteiger partial charge on any atom is 0.438 e. The second-order valence-corrected chi connectivity index (χ2v) is 5.20. The van der Waals surface area contributed by atoms with Crippen molar-refractivity contribution in [2.75, 3.05) is 7.11 Å². The fourth-order valence-corrected chi connectivity index (χ4v) is 2.09. The highest BCUT2D eigenvalue weighted by Gasteiger charge is 2.17. The number of rotatable bonds is 2. The maximum atomic E-state index is 11.2. The predicted octanol–water partition coefficient (Wildman–Crippen LogP) is 4.07. The van der Waals surface area contributed by atoms with E-state index in [0.717, 1.165) is 36.0 Å². The van der Waals surface area contributed by atoms with Crippen molar-refractivity contribution < 1.29 is 27.8 Å². The van der Waals surface area contributed by atoms with Crippen LogP contribution in [0.3, 0.4) is 0 Å². The van der Waals surface area contributed by atoms with Gasteiger partial charge in [0.05, 0.1) is 13.5 Å². The Bertz CT molecular complexity index is 547. The molecule has 122 valence electrons. The summed E-state index contributed by atoms with van der Waals surface area (Å²) in [4.78, 5) is 11.2. The molecule has 0 spiro atoms. The molecular formula is C15H17F3O3S. The number of aliphatic hydroxyl groups excluding tert-OH is 1. The van der Waals surface area contributed by atoms with Crippen LogP contribution in [0.25, 0.3) is 5.76 Å². The summed E-state index contributed by atoms with van der Waals surface area (Å²) in [6.45, 7) is 0. The van der Waals surface area contributed by atoms with Gasteiger partial charge in [-0.2, -0.15) is 13.2 Å². The van der Waals surface area contributed by atoms with Crippen molar-refractivity contribution in [2.45, 2.75) is 31.2 Å². The van der Waals surface area contributed by atoms with E-state index in [1.54, 1.807) is 0 Å². The van der Waals surface area contributed by atoms with Crippen molar-refractivity contribution in [1.82, 2.24) is 0 Å². The molecule has 0 heterocycles. The number of esters is 1. The van der Waals surface area contributed by atoms with Gasteiger partial charge in [-0.25, -0.2) is 0 Å². The minimum atomic E-state index is -4.31. The molecule has 7 heteroatoms. The van der Waals surface area contributed by atoms with Crippen LogP contribution in [-0.2, 0) is 22.4 Å². The number of alkyl halides is 3. The number of halogens is 3. The van der Waals surface area contributed by atoms with Crippen molar-refractivity contribution >= 4 is 24.4 Å². The number of aryl methyl sites for hydroxylation is 1. The number of carbonyl (C=O) groups excluding carboxylic acids is 1. The van der Waals surface area contributed by atoms with Gasteiger partial charge in [-0.3, -0.25) is 4.79 Å². The number of hydrogen-bond acceptors (Lipinski definition) is 4. The lowest BCUT2D eigenvalue weighted by atomic mass is 9.99. The monoisotopic (exact) mass is 334 g/mol. The van der Waals surface area contributed by atoms with E-state index in [9.17, 15) is 23.1 Å². The molecule has 0 unspecified atom stereocenters. The summed E-state index contributed by atoms with van der Waals surface area (Å²) in [5, 5.41) is 9.83. The number of ether oxygens (including phenoxy) is 1. The van der Waals surface area contributed by atoms with Crippen LogP contribution in [0, 0.1) is 0 Å². The first kappa shape index (κ1) is 18.4. The molecule has 0 bridgehead atoms. The number of carbonyl (C=O) groups is 1. The van der Waals surface area contributed by atoms with Gasteiger partial charge in [0.25, 0.3) is 0 Å². The molecule has 0 fully saturated rings. The zero-order valence-electron chi connectivity index (χ0n) is 12.0. The summed E-state index contributed by atoms with van der Waals surface area (Å²) in [7, 11) is 1.39. The first-order chi connectivity index (χ1) is 10.2. The predicted molar refractivity (Wildman–Crippen MR) is 80.7 cm³/mol. The van der Waals surface area contributed by atoms with Gasteiger partial charge in [0.15, 0.2) is 0 Å². The van der Waals surface area contributed by atoms with Crippen molar-refractivity contribution in [1.29, 1.82) is 0 Å². The zero-order chi connectivity index (χ0) is 16.8. The Morgan fingerprint density at radius 2 is 2.05 bits per heavy atom.